The van der Waals surface area contributed by atoms with Gasteiger partial charge in [0.1, 0.15) is 0 Å². The van der Waals surface area contributed by atoms with Gasteiger partial charge in [0.05, 0.1) is 17.9 Å². The van der Waals surface area contributed by atoms with Gasteiger partial charge in [-0.3, -0.25) is 14.9 Å². The molecule has 2 amide bonds. The molecule has 0 radical (unpaired) electrons. The van der Waals surface area contributed by atoms with Crippen molar-refractivity contribution in [2.75, 3.05) is 16.8 Å². The van der Waals surface area contributed by atoms with Gasteiger partial charge in [-0.05, 0) is 48.9 Å². The van der Waals surface area contributed by atoms with Crippen molar-refractivity contribution in [1.82, 2.24) is 5.32 Å². The van der Waals surface area contributed by atoms with Crippen LogP contribution in [0, 0.1) is 12.3 Å². The van der Waals surface area contributed by atoms with Gasteiger partial charge in [0.25, 0.3) is 0 Å². The van der Waals surface area contributed by atoms with Crippen LogP contribution in [0.25, 0.3) is 0 Å². The Morgan fingerprint density at radius 3 is 2.59 bits per heavy atom. The summed E-state index contributed by atoms with van der Waals surface area (Å²) >= 11 is 6.27. The minimum atomic E-state index is -0.633. The van der Waals surface area contributed by atoms with E-state index in [9.17, 15) is 14.4 Å². The number of carbonyl (C=O) groups excluding carboxylic acids is 3. The highest BCUT2D eigenvalue weighted by Gasteiger charge is 2.33. The molecule has 1 aliphatic heterocycles. The van der Waals surface area contributed by atoms with Crippen molar-refractivity contribution < 1.29 is 14.4 Å². The summed E-state index contributed by atoms with van der Waals surface area (Å²) in [5, 5.41) is 6.13. The minimum Gasteiger partial charge on any atom is -0.330 e. The summed E-state index contributed by atoms with van der Waals surface area (Å²) in [6, 6.07) is 12.1. The molecule has 2 aromatic rings. The zero-order chi connectivity index (χ0) is 26.7. The highest BCUT2D eigenvalue weighted by atomic mass is 35.5. The molecule has 190 valence electrons. The zero-order valence-electron chi connectivity index (χ0n) is 21.3. The molecule has 0 fully saturated rings. The van der Waals surface area contributed by atoms with E-state index in [2.05, 4.69) is 15.6 Å². The predicted octanol–water partition coefficient (Wildman–Crippen LogP) is 5.95. The third-order valence-electron chi connectivity index (χ3n) is 6.01. The number of aliphatic imine (C=N–C) groups is 1. The molecule has 1 heterocycles. The van der Waals surface area contributed by atoms with Crippen LogP contribution in [-0.2, 0) is 9.59 Å². The van der Waals surface area contributed by atoms with Crippen LogP contribution in [0.3, 0.4) is 0 Å². The molecule has 8 heteroatoms. The number of amides is 2. The van der Waals surface area contributed by atoms with Gasteiger partial charge in [-0.1, -0.05) is 56.7 Å². The first-order valence-electron chi connectivity index (χ1n) is 12.0. The molecule has 4 rings (SSSR count). The quantitative estimate of drug-likeness (QED) is 0.514. The largest absolute Gasteiger partial charge is 0.330 e. The molecule has 0 bridgehead atoms. The lowest BCUT2D eigenvalue weighted by Crippen LogP contribution is -2.39. The Bertz CT molecular complexity index is 1400. The lowest BCUT2D eigenvalue weighted by Gasteiger charge is -2.32. The Morgan fingerprint density at radius 1 is 1.11 bits per heavy atom. The number of hydrogen-bond donors (Lipinski definition) is 2. The van der Waals surface area contributed by atoms with Crippen LogP contribution in [0.15, 0.2) is 82.8 Å². The van der Waals surface area contributed by atoms with E-state index in [4.69, 9.17) is 11.6 Å². The Hall–Kier alpha value is -3.97. The molecule has 2 N–H and O–H groups in total. The third kappa shape index (κ3) is 6.06. The second-order valence-electron chi connectivity index (χ2n) is 10.0. The van der Waals surface area contributed by atoms with E-state index >= 15 is 0 Å². The van der Waals surface area contributed by atoms with Gasteiger partial charge in [0.15, 0.2) is 17.4 Å². The Kier molecular flexibility index (Phi) is 7.45. The number of fused-ring (bicyclic) bond motifs is 1. The number of anilines is 2. The van der Waals surface area contributed by atoms with Crippen molar-refractivity contribution in [3.63, 3.8) is 0 Å². The molecule has 0 aromatic heterocycles. The average molecular weight is 517 g/mol. The standard InChI is InChI=1S/C29H29ClN4O3/c1-18-8-7-9-21(14-18)32-28(37)33-27-26(22-10-5-6-11-24(22)35)34(17-25(36)29(2,3)4)23-13-12-20(30)15-19(23)16-31-27/h5-10,12-16H,11,17H2,1-4H3,(H2,32,33,37). The number of nitrogens with one attached hydrogen (secondary N) is 2. The maximum Gasteiger partial charge on any atom is 0.324 e. The molecule has 2 aromatic carbocycles. The van der Waals surface area contributed by atoms with Crippen molar-refractivity contribution in [3.8, 4) is 0 Å². The second-order valence-corrected chi connectivity index (χ2v) is 10.4. The van der Waals surface area contributed by atoms with Crippen LogP contribution >= 0.6 is 11.6 Å². The topological polar surface area (TPSA) is 90.9 Å². The van der Waals surface area contributed by atoms with Crippen molar-refractivity contribution in [1.29, 1.82) is 0 Å². The number of rotatable bonds is 5. The first-order chi connectivity index (χ1) is 17.5. The summed E-state index contributed by atoms with van der Waals surface area (Å²) in [6.45, 7) is 7.43. The lowest BCUT2D eigenvalue weighted by molar-refractivity contribution is -0.124. The van der Waals surface area contributed by atoms with E-state index in [1.165, 1.54) is 0 Å². The summed E-state index contributed by atoms with van der Waals surface area (Å²) in [6.07, 6.45) is 7.02. The molecule has 0 saturated carbocycles. The number of benzene rings is 2. The third-order valence-corrected chi connectivity index (χ3v) is 6.25. The number of urea groups is 1. The second kappa shape index (κ2) is 10.6. The van der Waals surface area contributed by atoms with E-state index in [1.54, 1.807) is 53.6 Å². The summed E-state index contributed by atoms with van der Waals surface area (Å²) in [4.78, 5) is 45.8. The van der Waals surface area contributed by atoms with Crippen molar-refractivity contribution in [2.24, 2.45) is 10.4 Å². The van der Waals surface area contributed by atoms with E-state index in [-0.39, 0.29) is 30.4 Å². The molecule has 7 nitrogen and oxygen atoms in total. The SMILES string of the molecule is Cc1cccc(NC(=O)NC2=C(C3=CC=CCC3=O)N(CC(=O)C(C)(C)C)c3ccc(Cl)cc3C=N2)c1. The van der Waals surface area contributed by atoms with Crippen LogP contribution in [0.2, 0.25) is 5.02 Å². The number of halogens is 1. The van der Waals surface area contributed by atoms with Gasteiger partial charge in [-0.25, -0.2) is 9.79 Å². The van der Waals surface area contributed by atoms with Gasteiger partial charge in [-0.15, -0.1) is 0 Å². The van der Waals surface area contributed by atoms with Crippen LogP contribution < -0.4 is 15.5 Å². The number of hydrogen-bond acceptors (Lipinski definition) is 5. The molecular weight excluding hydrogens is 488 g/mol. The molecule has 0 atom stereocenters. The fourth-order valence-electron chi connectivity index (χ4n) is 3.97. The molecule has 0 unspecified atom stereocenters. The van der Waals surface area contributed by atoms with Crippen molar-refractivity contribution >= 4 is 46.8 Å². The number of nitrogens with zero attached hydrogens (tertiary/aromatic N) is 2. The number of aryl methyl sites for hydroxylation is 1. The fourth-order valence-corrected chi connectivity index (χ4v) is 4.15. The summed E-state index contributed by atoms with van der Waals surface area (Å²) in [7, 11) is 0. The molecule has 0 saturated heterocycles. The predicted molar refractivity (Wildman–Crippen MR) is 148 cm³/mol. The molecule has 37 heavy (non-hydrogen) atoms. The first-order valence-corrected chi connectivity index (χ1v) is 12.3. The van der Waals surface area contributed by atoms with Crippen molar-refractivity contribution in [2.45, 2.75) is 34.1 Å². The van der Waals surface area contributed by atoms with Crippen molar-refractivity contribution in [3.05, 3.63) is 93.9 Å². The smallest absolute Gasteiger partial charge is 0.324 e. The normalized spacial score (nSPS) is 15.2. The number of ketones is 2. The molecular formula is C29H29ClN4O3. The Morgan fingerprint density at radius 2 is 1.89 bits per heavy atom. The van der Waals surface area contributed by atoms with Gasteiger partial charge in [-0.2, -0.15) is 0 Å². The highest BCUT2D eigenvalue weighted by Crippen LogP contribution is 2.35. The number of allylic oxidation sites excluding steroid dienone is 4. The van der Waals surface area contributed by atoms with Crippen LogP contribution in [-0.4, -0.2) is 30.4 Å². The van der Waals surface area contributed by atoms with Gasteiger partial charge in [0, 0.05) is 39.9 Å². The summed E-state index contributed by atoms with van der Waals surface area (Å²) in [5.41, 5.74) is 2.99. The number of carbonyl (C=O) groups is 3. The van der Waals surface area contributed by atoms with E-state index < -0.39 is 11.4 Å². The monoisotopic (exact) mass is 516 g/mol. The van der Waals surface area contributed by atoms with Gasteiger partial charge >= 0.3 is 6.03 Å². The minimum absolute atomic E-state index is 0.0319. The average Bonchev–Trinajstić information content (AvgIpc) is 2.95. The number of Topliss-reactive ketones (excluding diaryl/α,β-unsaturated/α-hetero) is 2. The first kappa shape index (κ1) is 26.1. The summed E-state index contributed by atoms with van der Waals surface area (Å²) in [5.74, 6) is -0.0402. The molecule has 2 aliphatic rings. The Labute approximate surface area is 221 Å². The van der Waals surface area contributed by atoms with E-state index in [1.807, 2.05) is 45.9 Å². The molecule has 1 aliphatic carbocycles. The fraction of sp³-hybridized carbons (Fsp3) is 0.241. The van der Waals surface area contributed by atoms with E-state index in [0.717, 1.165) is 5.56 Å². The lowest BCUT2D eigenvalue weighted by atomic mass is 9.89. The van der Waals surface area contributed by atoms with Crippen LogP contribution in [0.4, 0.5) is 16.2 Å². The highest BCUT2D eigenvalue weighted by molar-refractivity contribution is 6.31. The summed E-state index contributed by atoms with van der Waals surface area (Å²) < 4.78 is 0. The van der Waals surface area contributed by atoms with Crippen LogP contribution in [0.1, 0.15) is 38.3 Å². The Balaban J connectivity index is 1.85. The maximum absolute atomic E-state index is 13.3. The van der Waals surface area contributed by atoms with Crippen LogP contribution in [0.5, 0.6) is 0 Å². The maximum atomic E-state index is 13.3. The zero-order valence-corrected chi connectivity index (χ0v) is 22.0. The van der Waals surface area contributed by atoms with Gasteiger partial charge in [0.2, 0.25) is 0 Å². The van der Waals surface area contributed by atoms with Gasteiger partial charge < -0.3 is 10.2 Å². The van der Waals surface area contributed by atoms with E-state index in [0.29, 0.717) is 33.2 Å². The molecule has 0 spiro atoms.